The second-order valence-electron chi connectivity index (χ2n) is 6.47. The van der Waals surface area contributed by atoms with Gasteiger partial charge in [-0.3, -0.25) is 9.79 Å². The van der Waals surface area contributed by atoms with Crippen molar-refractivity contribution < 1.29 is 9.53 Å². The molecule has 2 aromatic rings. The Hall–Kier alpha value is -2.00. The van der Waals surface area contributed by atoms with Gasteiger partial charge in [0.1, 0.15) is 12.4 Å². The maximum absolute atomic E-state index is 11.8. The van der Waals surface area contributed by atoms with Crippen LogP contribution >= 0.6 is 35.6 Å². The second kappa shape index (κ2) is 11.9. The van der Waals surface area contributed by atoms with Gasteiger partial charge in [0.15, 0.2) is 5.96 Å². The fraction of sp³-hybridized carbons (Fsp3) is 0.333. The number of anilines is 1. The number of guanidine groups is 1. The Labute approximate surface area is 193 Å². The number of halogens is 2. The molecule has 8 heteroatoms. The monoisotopic (exact) mass is 528 g/mol. The van der Waals surface area contributed by atoms with E-state index >= 15 is 0 Å². The molecule has 0 aliphatic carbocycles. The Kier molecular flexibility index (Phi) is 9.53. The van der Waals surface area contributed by atoms with E-state index in [4.69, 9.17) is 16.3 Å². The van der Waals surface area contributed by atoms with Gasteiger partial charge in [0.25, 0.3) is 0 Å². The van der Waals surface area contributed by atoms with Gasteiger partial charge in [0.05, 0.1) is 6.54 Å². The quantitative estimate of drug-likeness (QED) is 0.248. The van der Waals surface area contributed by atoms with Gasteiger partial charge in [-0.05, 0) is 42.3 Å². The van der Waals surface area contributed by atoms with E-state index in [0.717, 1.165) is 30.0 Å². The van der Waals surface area contributed by atoms with E-state index in [1.165, 1.54) is 0 Å². The first-order valence-electron chi connectivity index (χ1n) is 9.38. The summed E-state index contributed by atoms with van der Waals surface area (Å²) in [5.74, 6) is 1.65. The molecule has 1 aliphatic rings. The number of carbonyl (C=O) groups is 1. The maximum atomic E-state index is 11.8. The normalized spacial score (nSPS) is 13.8. The van der Waals surface area contributed by atoms with Crippen LogP contribution in [0.5, 0.6) is 5.75 Å². The molecular formula is C21H26ClIN4O2. The van der Waals surface area contributed by atoms with E-state index in [1.54, 1.807) is 13.1 Å². The lowest BCUT2D eigenvalue weighted by atomic mass is 10.2. The molecule has 0 aromatic heterocycles. The molecular weight excluding hydrogens is 503 g/mol. The van der Waals surface area contributed by atoms with Crippen LogP contribution in [-0.2, 0) is 11.3 Å². The van der Waals surface area contributed by atoms with Crippen molar-refractivity contribution >= 4 is 53.1 Å². The predicted octanol–water partition coefficient (Wildman–Crippen LogP) is 3.83. The lowest BCUT2D eigenvalue weighted by molar-refractivity contribution is -0.117. The summed E-state index contributed by atoms with van der Waals surface area (Å²) in [6.45, 7) is 2.56. The van der Waals surface area contributed by atoms with Gasteiger partial charge in [0.2, 0.25) is 5.91 Å². The molecule has 0 spiro atoms. The number of hydrogen-bond donors (Lipinski definition) is 2. The van der Waals surface area contributed by atoms with Crippen molar-refractivity contribution in [3.05, 3.63) is 59.1 Å². The summed E-state index contributed by atoms with van der Waals surface area (Å²) in [4.78, 5) is 17.9. The molecule has 0 radical (unpaired) electrons. The topological polar surface area (TPSA) is 66.0 Å². The number of benzene rings is 2. The highest BCUT2D eigenvalue weighted by Gasteiger charge is 2.21. The number of carbonyl (C=O) groups excluding carboxylic acids is 1. The van der Waals surface area contributed by atoms with Crippen molar-refractivity contribution in [2.45, 2.75) is 19.4 Å². The zero-order valence-corrected chi connectivity index (χ0v) is 19.4. The Morgan fingerprint density at radius 1 is 1.21 bits per heavy atom. The predicted molar refractivity (Wildman–Crippen MR) is 129 cm³/mol. The minimum absolute atomic E-state index is 0. The number of amides is 1. The van der Waals surface area contributed by atoms with E-state index in [2.05, 4.69) is 15.6 Å². The summed E-state index contributed by atoms with van der Waals surface area (Å²) in [5.41, 5.74) is 2.08. The van der Waals surface area contributed by atoms with Crippen LogP contribution in [-0.4, -0.2) is 38.6 Å². The molecule has 0 bridgehead atoms. The highest BCUT2D eigenvalue weighted by molar-refractivity contribution is 14.0. The van der Waals surface area contributed by atoms with Crippen molar-refractivity contribution in [1.82, 2.24) is 10.6 Å². The third-order valence-electron chi connectivity index (χ3n) is 4.46. The van der Waals surface area contributed by atoms with E-state index in [1.807, 2.05) is 47.4 Å². The summed E-state index contributed by atoms with van der Waals surface area (Å²) in [7, 11) is 1.73. The molecule has 0 unspecified atom stereocenters. The fourth-order valence-electron chi connectivity index (χ4n) is 3.02. The first kappa shape index (κ1) is 23.3. The van der Waals surface area contributed by atoms with Crippen molar-refractivity contribution in [3.63, 3.8) is 0 Å². The lowest BCUT2D eigenvalue weighted by Crippen LogP contribution is -2.38. The second-order valence-corrected chi connectivity index (χ2v) is 6.91. The van der Waals surface area contributed by atoms with E-state index in [0.29, 0.717) is 37.1 Å². The van der Waals surface area contributed by atoms with Crippen LogP contribution in [0.3, 0.4) is 0 Å². The number of nitrogens with zero attached hydrogens (tertiary/aromatic N) is 2. The van der Waals surface area contributed by atoms with Crippen LogP contribution in [0.15, 0.2) is 53.5 Å². The van der Waals surface area contributed by atoms with Crippen molar-refractivity contribution in [2.24, 2.45) is 4.99 Å². The average Bonchev–Trinajstić information content (AvgIpc) is 3.14. The van der Waals surface area contributed by atoms with Gasteiger partial charge in [-0.2, -0.15) is 0 Å². The standard InChI is InChI=1S/C21H25ClN4O2.HI/c1-23-21(24-11-13-28-19-5-2-4-17(22)14-19)25-15-16-7-9-18(10-8-16)26-12-3-6-20(26)27;/h2,4-5,7-10,14H,3,6,11-13,15H2,1H3,(H2,23,24,25);1H. The number of rotatable bonds is 7. The Bertz CT molecular complexity index is 830. The summed E-state index contributed by atoms with van der Waals surface area (Å²) < 4.78 is 5.65. The van der Waals surface area contributed by atoms with Crippen molar-refractivity contribution in [1.29, 1.82) is 0 Å². The maximum Gasteiger partial charge on any atom is 0.227 e. The molecule has 156 valence electrons. The molecule has 1 aliphatic heterocycles. The van der Waals surface area contributed by atoms with E-state index < -0.39 is 0 Å². The molecule has 1 fully saturated rings. The van der Waals surface area contributed by atoms with Gasteiger partial charge in [-0.1, -0.05) is 29.8 Å². The number of nitrogens with one attached hydrogen (secondary N) is 2. The van der Waals surface area contributed by atoms with Crippen LogP contribution in [0.1, 0.15) is 18.4 Å². The number of hydrogen-bond acceptors (Lipinski definition) is 3. The molecule has 0 saturated carbocycles. The van der Waals surface area contributed by atoms with Gasteiger partial charge in [-0.25, -0.2) is 0 Å². The molecule has 0 atom stereocenters. The number of ether oxygens (including phenoxy) is 1. The molecule has 2 N–H and O–H groups in total. The summed E-state index contributed by atoms with van der Waals surface area (Å²) in [5, 5.41) is 7.14. The average molecular weight is 529 g/mol. The molecule has 1 amide bonds. The Morgan fingerprint density at radius 2 is 2.00 bits per heavy atom. The summed E-state index contributed by atoms with van der Waals surface area (Å²) >= 11 is 5.94. The van der Waals surface area contributed by atoms with Crippen molar-refractivity contribution in [2.75, 3.05) is 31.6 Å². The fourth-order valence-corrected chi connectivity index (χ4v) is 3.20. The van der Waals surface area contributed by atoms with Gasteiger partial charge >= 0.3 is 0 Å². The third kappa shape index (κ3) is 7.08. The Balaban J connectivity index is 0.00000300. The van der Waals surface area contributed by atoms with Crippen LogP contribution < -0.4 is 20.3 Å². The molecule has 6 nitrogen and oxygen atoms in total. The Morgan fingerprint density at radius 3 is 2.66 bits per heavy atom. The summed E-state index contributed by atoms with van der Waals surface area (Å²) in [6.07, 6.45) is 1.58. The van der Waals surface area contributed by atoms with Gasteiger partial charge in [0, 0.05) is 37.3 Å². The zero-order chi connectivity index (χ0) is 19.8. The van der Waals surface area contributed by atoms with Crippen LogP contribution in [0.25, 0.3) is 0 Å². The molecule has 1 heterocycles. The van der Waals surface area contributed by atoms with Crippen LogP contribution in [0.4, 0.5) is 5.69 Å². The SMILES string of the molecule is CN=C(NCCOc1cccc(Cl)c1)NCc1ccc(N2CCCC2=O)cc1.I. The zero-order valence-electron chi connectivity index (χ0n) is 16.4. The van der Waals surface area contributed by atoms with Crippen LogP contribution in [0, 0.1) is 0 Å². The largest absolute Gasteiger partial charge is 0.492 e. The summed E-state index contributed by atoms with van der Waals surface area (Å²) in [6, 6.07) is 15.4. The minimum atomic E-state index is 0. The molecule has 1 saturated heterocycles. The molecule has 2 aromatic carbocycles. The molecule has 3 rings (SSSR count). The smallest absolute Gasteiger partial charge is 0.227 e. The van der Waals surface area contributed by atoms with Crippen LogP contribution in [0.2, 0.25) is 5.02 Å². The first-order chi connectivity index (χ1) is 13.7. The van der Waals surface area contributed by atoms with Gasteiger partial charge < -0.3 is 20.3 Å². The minimum Gasteiger partial charge on any atom is -0.492 e. The van der Waals surface area contributed by atoms with Crippen molar-refractivity contribution in [3.8, 4) is 5.75 Å². The molecule has 29 heavy (non-hydrogen) atoms. The van der Waals surface area contributed by atoms with Gasteiger partial charge in [-0.15, -0.1) is 24.0 Å². The number of aliphatic imine (C=N–C) groups is 1. The highest BCUT2D eigenvalue weighted by atomic mass is 127. The van der Waals surface area contributed by atoms with E-state index in [-0.39, 0.29) is 29.9 Å². The lowest BCUT2D eigenvalue weighted by Gasteiger charge is -2.16. The first-order valence-corrected chi connectivity index (χ1v) is 9.76. The van der Waals surface area contributed by atoms with E-state index in [9.17, 15) is 4.79 Å². The third-order valence-corrected chi connectivity index (χ3v) is 4.70. The highest BCUT2D eigenvalue weighted by Crippen LogP contribution is 2.21.